The van der Waals surface area contributed by atoms with Crippen LogP contribution in [0, 0.1) is 0 Å². The van der Waals surface area contributed by atoms with E-state index in [1.807, 2.05) is 27.8 Å². The quantitative estimate of drug-likeness (QED) is 0.896. The van der Waals surface area contributed by atoms with E-state index in [1.54, 1.807) is 7.11 Å². The molecule has 110 valence electrons. The fraction of sp³-hybridized carbons (Fsp3) is 0.667. The summed E-state index contributed by atoms with van der Waals surface area (Å²) in [6, 6.07) is 4.94. The molecule has 0 spiro atoms. The third-order valence-electron chi connectivity index (χ3n) is 4.40. The number of carbonyl (C=O) groups is 1. The van der Waals surface area contributed by atoms with Crippen molar-refractivity contribution < 1.29 is 9.53 Å². The van der Waals surface area contributed by atoms with E-state index in [1.165, 1.54) is 12.8 Å². The van der Waals surface area contributed by atoms with Crippen molar-refractivity contribution >= 4 is 5.91 Å². The Morgan fingerprint density at radius 3 is 3.10 bits per heavy atom. The van der Waals surface area contributed by atoms with Gasteiger partial charge < -0.3 is 19.5 Å². The minimum Gasteiger partial charge on any atom is -0.383 e. The van der Waals surface area contributed by atoms with Gasteiger partial charge in [0, 0.05) is 45.0 Å². The fourth-order valence-corrected chi connectivity index (χ4v) is 3.28. The van der Waals surface area contributed by atoms with Crippen LogP contribution in [-0.4, -0.2) is 54.3 Å². The molecule has 1 aromatic heterocycles. The van der Waals surface area contributed by atoms with Crippen LogP contribution in [0.15, 0.2) is 18.3 Å². The average molecular weight is 277 g/mol. The van der Waals surface area contributed by atoms with Crippen molar-refractivity contribution in [1.29, 1.82) is 0 Å². The number of methoxy groups -OCH3 is 1. The molecule has 2 aliphatic rings. The molecule has 1 N–H and O–H groups in total. The number of nitrogens with zero attached hydrogens (tertiary/aromatic N) is 2. The zero-order valence-electron chi connectivity index (χ0n) is 12.0. The van der Waals surface area contributed by atoms with Crippen LogP contribution in [0.25, 0.3) is 0 Å². The van der Waals surface area contributed by atoms with Crippen molar-refractivity contribution in [1.82, 2.24) is 14.8 Å². The van der Waals surface area contributed by atoms with Crippen molar-refractivity contribution in [3.8, 4) is 0 Å². The van der Waals surface area contributed by atoms with Gasteiger partial charge in [0.2, 0.25) is 0 Å². The first kappa shape index (κ1) is 13.6. The minimum atomic E-state index is 0.153. The van der Waals surface area contributed by atoms with Crippen LogP contribution >= 0.6 is 0 Å². The lowest BCUT2D eigenvalue weighted by molar-refractivity contribution is 0.0734. The molecule has 3 heterocycles. The number of likely N-dealkylation sites (tertiary alicyclic amines) is 1. The molecule has 20 heavy (non-hydrogen) atoms. The summed E-state index contributed by atoms with van der Waals surface area (Å²) >= 11 is 0. The van der Waals surface area contributed by atoms with E-state index in [0.717, 1.165) is 31.7 Å². The summed E-state index contributed by atoms with van der Waals surface area (Å²) in [5.74, 6) is 0.153. The van der Waals surface area contributed by atoms with Gasteiger partial charge in [-0.05, 0) is 31.4 Å². The van der Waals surface area contributed by atoms with Gasteiger partial charge in [0.1, 0.15) is 5.69 Å². The highest BCUT2D eigenvalue weighted by molar-refractivity contribution is 5.92. The molecular weight excluding hydrogens is 254 g/mol. The first-order valence-corrected chi connectivity index (χ1v) is 7.47. The van der Waals surface area contributed by atoms with Crippen molar-refractivity contribution in [2.24, 2.45) is 0 Å². The summed E-state index contributed by atoms with van der Waals surface area (Å²) in [6.45, 7) is 3.05. The Hall–Kier alpha value is -1.33. The highest BCUT2D eigenvalue weighted by atomic mass is 16.5. The maximum atomic E-state index is 12.7. The number of carbonyl (C=O) groups excluding carboxylic acids is 1. The first-order chi connectivity index (χ1) is 9.78. The molecule has 2 unspecified atom stereocenters. The molecule has 0 radical (unpaired) electrons. The van der Waals surface area contributed by atoms with Gasteiger partial charge in [-0.15, -0.1) is 0 Å². The molecule has 0 aliphatic carbocycles. The van der Waals surface area contributed by atoms with Crippen molar-refractivity contribution in [2.75, 3.05) is 26.8 Å². The Bertz CT molecular complexity index is 471. The molecule has 0 saturated carbocycles. The Morgan fingerprint density at radius 2 is 2.25 bits per heavy atom. The second-order valence-corrected chi connectivity index (χ2v) is 5.76. The molecule has 0 aromatic carbocycles. The molecule has 2 fully saturated rings. The molecule has 2 atom stereocenters. The second-order valence-electron chi connectivity index (χ2n) is 5.76. The van der Waals surface area contributed by atoms with E-state index in [2.05, 4.69) is 5.32 Å². The minimum absolute atomic E-state index is 0.153. The van der Waals surface area contributed by atoms with E-state index in [-0.39, 0.29) is 5.91 Å². The lowest BCUT2D eigenvalue weighted by atomic mass is 10.1. The SMILES string of the molecule is COCCn1cccc1C(=O)N1CCC2CCC(C1)N2. The Kier molecular flexibility index (Phi) is 4.08. The van der Waals surface area contributed by atoms with Gasteiger partial charge in [0.25, 0.3) is 5.91 Å². The molecule has 2 saturated heterocycles. The number of rotatable bonds is 4. The van der Waals surface area contributed by atoms with Gasteiger partial charge in [-0.2, -0.15) is 0 Å². The van der Waals surface area contributed by atoms with Gasteiger partial charge in [0.15, 0.2) is 0 Å². The lowest BCUT2D eigenvalue weighted by Gasteiger charge is -2.24. The summed E-state index contributed by atoms with van der Waals surface area (Å²) in [6.07, 6.45) is 5.48. The number of amides is 1. The van der Waals surface area contributed by atoms with Crippen LogP contribution in [0.3, 0.4) is 0 Å². The summed E-state index contributed by atoms with van der Waals surface area (Å²) in [7, 11) is 1.68. The highest BCUT2D eigenvalue weighted by Crippen LogP contribution is 2.21. The molecule has 1 aromatic rings. The monoisotopic (exact) mass is 277 g/mol. The van der Waals surface area contributed by atoms with Crippen LogP contribution in [0.4, 0.5) is 0 Å². The second kappa shape index (κ2) is 5.97. The van der Waals surface area contributed by atoms with Crippen LogP contribution in [0.5, 0.6) is 0 Å². The predicted molar refractivity (Wildman–Crippen MR) is 76.8 cm³/mol. The average Bonchev–Trinajstić information content (AvgIpc) is 3.02. The normalized spacial score (nSPS) is 25.8. The maximum absolute atomic E-state index is 12.7. The smallest absolute Gasteiger partial charge is 0.270 e. The van der Waals surface area contributed by atoms with Crippen LogP contribution in [0.2, 0.25) is 0 Å². The number of nitrogens with one attached hydrogen (secondary N) is 1. The topological polar surface area (TPSA) is 46.5 Å². The van der Waals surface area contributed by atoms with Crippen molar-refractivity contribution in [2.45, 2.75) is 37.9 Å². The summed E-state index contributed by atoms with van der Waals surface area (Å²) in [4.78, 5) is 14.7. The molecular formula is C15H23N3O2. The van der Waals surface area contributed by atoms with E-state index in [4.69, 9.17) is 4.74 Å². The maximum Gasteiger partial charge on any atom is 0.270 e. The largest absolute Gasteiger partial charge is 0.383 e. The van der Waals surface area contributed by atoms with Crippen molar-refractivity contribution in [3.05, 3.63) is 24.0 Å². The van der Waals surface area contributed by atoms with Crippen LogP contribution in [-0.2, 0) is 11.3 Å². The summed E-state index contributed by atoms with van der Waals surface area (Å²) in [5.41, 5.74) is 0.778. The van der Waals surface area contributed by atoms with Gasteiger partial charge in [0.05, 0.1) is 6.61 Å². The predicted octanol–water partition coefficient (Wildman–Crippen LogP) is 1.10. The Balaban J connectivity index is 1.70. The third kappa shape index (κ3) is 2.74. The van der Waals surface area contributed by atoms with E-state index in [0.29, 0.717) is 18.7 Å². The van der Waals surface area contributed by atoms with Gasteiger partial charge in [-0.3, -0.25) is 4.79 Å². The Labute approximate surface area is 119 Å². The van der Waals surface area contributed by atoms with E-state index >= 15 is 0 Å². The molecule has 1 amide bonds. The van der Waals surface area contributed by atoms with Crippen LogP contribution in [0.1, 0.15) is 29.8 Å². The first-order valence-electron chi connectivity index (χ1n) is 7.47. The standard InChI is InChI=1S/C15H23N3O2/c1-20-10-9-17-7-2-3-14(17)15(19)18-8-6-12-4-5-13(11-18)16-12/h2-3,7,12-13,16H,4-6,8-11H2,1H3. The van der Waals surface area contributed by atoms with Crippen molar-refractivity contribution in [3.63, 3.8) is 0 Å². The number of ether oxygens (including phenoxy) is 1. The highest BCUT2D eigenvalue weighted by Gasteiger charge is 2.31. The Morgan fingerprint density at radius 1 is 1.40 bits per heavy atom. The van der Waals surface area contributed by atoms with Gasteiger partial charge >= 0.3 is 0 Å². The number of aromatic nitrogens is 1. The number of hydrogen-bond acceptors (Lipinski definition) is 3. The lowest BCUT2D eigenvalue weighted by Crippen LogP contribution is -2.39. The number of fused-ring (bicyclic) bond motifs is 2. The van der Waals surface area contributed by atoms with Crippen LogP contribution < -0.4 is 5.32 Å². The molecule has 2 aliphatic heterocycles. The van der Waals surface area contributed by atoms with E-state index < -0.39 is 0 Å². The zero-order valence-corrected chi connectivity index (χ0v) is 12.0. The third-order valence-corrected chi connectivity index (χ3v) is 4.40. The molecule has 2 bridgehead atoms. The zero-order chi connectivity index (χ0) is 13.9. The molecule has 5 heteroatoms. The van der Waals surface area contributed by atoms with Gasteiger partial charge in [-0.25, -0.2) is 0 Å². The number of hydrogen-bond donors (Lipinski definition) is 1. The van der Waals surface area contributed by atoms with E-state index in [9.17, 15) is 4.79 Å². The summed E-state index contributed by atoms with van der Waals surface area (Å²) < 4.78 is 7.09. The summed E-state index contributed by atoms with van der Waals surface area (Å²) in [5, 5.41) is 3.61. The van der Waals surface area contributed by atoms with Gasteiger partial charge in [-0.1, -0.05) is 0 Å². The fourth-order valence-electron chi connectivity index (χ4n) is 3.28. The molecule has 3 rings (SSSR count). The molecule has 5 nitrogen and oxygen atoms in total.